The van der Waals surface area contributed by atoms with Crippen molar-refractivity contribution in [2.75, 3.05) is 6.61 Å². The highest BCUT2D eigenvalue weighted by Crippen LogP contribution is 2.36. The molecular weight excluding hydrogens is 457 g/mol. The van der Waals surface area contributed by atoms with Crippen molar-refractivity contribution >= 4 is 50.1 Å². The first-order valence-corrected chi connectivity index (χ1v) is 8.35. The Hall–Kier alpha value is -0.330. The van der Waals surface area contributed by atoms with E-state index in [4.69, 9.17) is 16.3 Å². The van der Waals surface area contributed by atoms with Gasteiger partial charge in [0, 0.05) is 3.57 Å². The second-order valence-electron chi connectivity index (χ2n) is 4.15. The fraction of sp³-hybridized carbons (Fsp3) is 0.200. The monoisotopic (exact) mass is 468 g/mol. The molecule has 5 heteroatoms. The quantitative estimate of drug-likeness (QED) is 0.399. The number of alkyl halides is 1. The lowest BCUT2D eigenvalue weighted by molar-refractivity contribution is 0.338. The zero-order valence-corrected chi connectivity index (χ0v) is 15.2. The highest BCUT2D eigenvalue weighted by atomic mass is 127. The van der Waals surface area contributed by atoms with Gasteiger partial charge in [0.05, 0.1) is 16.5 Å². The summed E-state index contributed by atoms with van der Waals surface area (Å²) in [5.41, 5.74) is 1.83. The van der Waals surface area contributed by atoms with Crippen molar-refractivity contribution in [1.82, 2.24) is 0 Å². The van der Waals surface area contributed by atoms with Gasteiger partial charge in [-0.2, -0.15) is 0 Å². The average molecular weight is 470 g/mol. The molecule has 106 valence electrons. The lowest BCUT2D eigenvalue weighted by Crippen LogP contribution is -1.98. The van der Waals surface area contributed by atoms with Crippen LogP contribution in [0, 0.1) is 9.39 Å². The van der Waals surface area contributed by atoms with Crippen LogP contribution in [-0.4, -0.2) is 6.61 Å². The van der Waals surface area contributed by atoms with Gasteiger partial charge in [-0.1, -0.05) is 12.1 Å². The first-order valence-electron chi connectivity index (χ1n) is 6.04. The van der Waals surface area contributed by atoms with Crippen molar-refractivity contribution in [3.63, 3.8) is 0 Å². The molecule has 20 heavy (non-hydrogen) atoms. The topological polar surface area (TPSA) is 9.23 Å². The minimum atomic E-state index is -0.325. The van der Waals surface area contributed by atoms with Crippen LogP contribution in [-0.2, 0) is 0 Å². The van der Waals surface area contributed by atoms with Gasteiger partial charge in [-0.25, -0.2) is 4.39 Å². The maximum absolute atomic E-state index is 13.1. The van der Waals surface area contributed by atoms with E-state index in [0.717, 1.165) is 24.9 Å². The molecule has 2 aromatic carbocycles. The molecule has 0 aromatic heterocycles. The predicted molar refractivity (Wildman–Crippen MR) is 92.1 cm³/mol. The molecule has 0 saturated heterocycles. The number of hydrogen-bond acceptors (Lipinski definition) is 1. The number of benzene rings is 2. The highest BCUT2D eigenvalue weighted by Gasteiger charge is 2.16. The molecule has 1 nitrogen and oxygen atoms in total. The van der Waals surface area contributed by atoms with Gasteiger partial charge < -0.3 is 4.74 Å². The third-order valence-electron chi connectivity index (χ3n) is 2.78. The molecule has 0 N–H and O–H groups in total. The van der Waals surface area contributed by atoms with Gasteiger partial charge in [0.1, 0.15) is 11.6 Å². The van der Waals surface area contributed by atoms with Gasteiger partial charge >= 0.3 is 0 Å². The molecule has 0 radical (unpaired) electrons. The minimum Gasteiger partial charge on any atom is -0.493 e. The highest BCUT2D eigenvalue weighted by molar-refractivity contribution is 14.1. The number of ether oxygens (including phenoxy) is 1. The zero-order valence-electron chi connectivity index (χ0n) is 10.7. The first kappa shape index (κ1) is 16.0. The fourth-order valence-corrected chi connectivity index (χ4v) is 3.64. The summed E-state index contributed by atoms with van der Waals surface area (Å²) in [7, 11) is 0. The fourth-order valence-electron chi connectivity index (χ4n) is 1.83. The molecule has 0 bridgehead atoms. The third kappa shape index (κ3) is 3.65. The number of hydrogen-bond donors (Lipinski definition) is 0. The molecule has 0 fully saturated rings. The van der Waals surface area contributed by atoms with E-state index in [1.54, 1.807) is 6.07 Å². The van der Waals surface area contributed by atoms with Crippen LogP contribution in [0.15, 0.2) is 40.9 Å². The molecule has 1 unspecified atom stereocenters. The summed E-state index contributed by atoms with van der Waals surface area (Å²) < 4.78 is 20.3. The second kappa shape index (κ2) is 7.09. The van der Waals surface area contributed by atoms with Crippen molar-refractivity contribution < 1.29 is 9.13 Å². The smallest absolute Gasteiger partial charge is 0.133 e. The molecule has 0 saturated carbocycles. The Bertz CT molecular complexity index is 621. The maximum Gasteiger partial charge on any atom is 0.133 e. The van der Waals surface area contributed by atoms with Crippen LogP contribution in [0.5, 0.6) is 5.75 Å². The van der Waals surface area contributed by atoms with Crippen LogP contribution in [0.1, 0.15) is 23.4 Å². The summed E-state index contributed by atoms with van der Waals surface area (Å²) >= 11 is 12.1. The van der Waals surface area contributed by atoms with Gasteiger partial charge in [0.2, 0.25) is 0 Å². The first-order chi connectivity index (χ1) is 9.52. The summed E-state index contributed by atoms with van der Waals surface area (Å²) in [5, 5.41) is -0.325. The van der Waals surface area contributed by atoms with E-state index in [0.29, 0.717) is 6.61 Å². The molecule has 0 heterocycles. The molecule has 1 atom stereocenters. The van der Waals surface area contributed by atoms with E-state index in [1.165, 1.54) is 12.1 Å². The molecule has 0 spiro atoms. The Balaban J connectivity index is 2.33. The zero-order chi connectivity index (χ0) is 14.7. The van der Waals surface area contributed by atoms with Crippen molar-refractivity contribution in [3.8, 4) is 5.75 Å². The molecule has 0 aliphatic carbocycles. The third-order valence-corrected chi connectivity index (χ3v) is 4.82. The Morgan fingerprint density at radius 3 is 2.65 bits per heavy atom. The molecular formula is C15H12BrClFIO. The normalized spacial score (nSPS) is 12.2. The van der Waals surface area contributed by atoms with Crippen molar-refractivity contribution in [2.24, 2.45) is 0 Å². The minimum absolute atomic E-state index is 0.255. The summed E-state index contributed by atoms with van der Waals surface area (Å²) in [6.07, 6.45) is 0. The van der Waals surface area contributed by atoms with Gasteiger partial charge in [0.25, 0.3) is 0 Å². The van der Waals surface area contributed by atoms with E-state index >= 15 is 0 Å². The van der Waals surface area contributed by atoms with Crippen molar-refractivity contribution in [2.45, 2.75) is 12.3 Å². The summed E-state index contributed by atoms with van der Waals surface area (Å²) in [6, 6.07) is 10.4. The van der Waals surface area contributed by atoms with E-state index in [1.807, 2.05) is 25.1 Å². The van der Waals surface area contributed by atoms with E-state index in [-0.39, 0.29) is 11.2 Å². The second-order valence-corrected chi connectivity index (χ2v) is 6.60. The number of rotatable bonds is 4. The summed E-state index contributed by atoms with van der Waals surface area (Å²) in [4.78, 5) is 0. The molecule has 0 aliphatic rings. The van der Waals surface area contributed by atoms with Gasteiger partial charge in [-0.3, -0.25) is 0 Å². The van der Waals surface area contributed by atoms with Gasteiger partial charge in [0.15, 0.2) is 0 Å². The van der Waals surface area contributed by atoms with Crippen LogP contribution in [0.25, 0.3) is 0 Å². The molecule has 2 aromatic rings. The predicted octanol–water partition coefficient (Wildman–Crippen LogP) is 5.92. The van der Waals surface area contributed by atoms with Crippen LogP contribution in [0.4, 0.5) is 4.39 Å². The Kier molecular flexibility index (Phi) is 5.69. The SMILES string of the molecule is CCOc1ccc(C(Cl)c2ccc(F)cc2I)cc1Br. The van der Waals surface area contributed by atoms with E-state index < -0.39 is 0 Å². The standard InChI is InChI=1S/C15H12BrClFIO/c1-2-20-14-6-3-9(7-12(14)16)15(17)11-5-4-10(18)8-13(11)19/h3-8,15H,2H2,1H3. The van der Waals surface area contributed by atoms with Crippen molar-refractivity contribution in [3.05, 3.63) is 61.4 Å². The lowest BCUT2D eigenvalue weighted by atomic mass is 10.0. The Morgan fingerprint density at radius 2 is 2.05 bits per heavy atom. The van der Waals surface area contributed by atoms with Crippen LogP contribution < -0.4 is 4.74 Å². The van der Waals surface area contributed by atoms with Crippen LogP contribution in [0.2, 0.25) is 0 Å². The van der Waals surface area contributed by atoms with Crippen LogP contribution >= 0.6 is 50.1 Å². The summed E-state index contributed by atoms with van der Waals surface area (Å²) in [6.45, 7) is 2.55. The molecule has 0 aliphatic heterocycles. The van der Waals surface area contributed by atoms with Crippen LogP contribution in [0.3, 0.4) is 0 Å². The van der Waals surface area contributed by atoms with Gasteiger partial charge in [-0.05, 0) is 80.8 Å². The molecule has 2 rings (SSSR count). The number of halogens is 4. The largest absolute Gasteiger partial charge is 0.493 e. The Labute approximate surface area is 144 Å². The van der Waals surface area contributed by atoms with Gasteiger partial charge in [-0.15, -0.1) is 11.6 Å². The van der Waals surface area contributed by atoms with E-state index in [9.17, 15) is 4.39 Å². The van der Waals surface area contributed by atoms with Crippen molar-refractivity contribution in [1.29, 1.82) is 0 Å². The Morgan fingerprint density at radius 1 is 1.30 bits per heavy atom. The average Bonchev–Trinajstić information content (AvgIpc) is 2.40. The maximum atomic E-state index is 13.1. The lowest BCUT2D eigenvalue weighted by Gasteiger charge is -2.14. The molecule has 0 amide bonds. The summed E-state index contributed by atoms with van der Waals surface area (Å²) in [5.74, 6) is 0.531. The van der Waals surface area contributed by atoms with E-state index in [2.05, 4.69) is 38.5 Å².